The van der Waals surface area contributed by atoms with Gasteiger partial charge in [-0.05, 0) is 13.0 Å². The number of anilines is 2. The highest BCUT2D eigenvalue weighted by Crippen LogP contribution is 2.13. The quantitative estimate of drug-likeness (QED) is 0.823. The van der Waals surface area contributed by atoms with Crippen molar-refractivity contribution in [3.05, 3.63) is 24.7 Å². The molecular formula is C14H22N8. The van der Waals surface area contributed by atoms with E-state index in [9.17, 15) is 0 Å². The number of nitrogens with zero attached hydrogens (tertiary/aromatic N) is 7. The Bertz CT molecular complexity index is 562. The van der Waals surface area contributed by atoms with E-state index in [4.69, 9.17) is 0 Å². The van der Waals surface area contributed by atoms with Gasteiger partial charge in [0.15, 0.2) is 0 Å². The lowest BCUT2D eigenvalue weighted by atomic mass is 10.3. The largest absolute Gasteiger partial charge is 0.370 e. The fourth-order valence-electron chi connectivity index (χ4n) is 2.54. The molecule has 0 aromatic carbocycles. The zero-order valence-electron chi connectivity index (χ0n) is 12.9. The number of piperazine rings is 1. The van der Waals surface area contributed by atoms with Gasteiger partial charge in [0, 0.05) is 45.5 Å². The summed E-state index contributed by atoms with van der Waals surface area (Å²) in [6.07, 6.45) is 5.25. The number of hydrogen-bond donors (Lipinski definition) is 1. The summed E-state index contributed by atoms with van der Waals surface area (Å²) in [6, 6.07) is 1.90. The topological polar surface area (TPSA) is 75.0 Å². The first-order valence-corrected chi connectivity index (χ1v) is 7.73. The minimum Gasteiger partial charge on any atom is -0.370 e. The Morgan fingerprint density at radius 3 is 2.55 bits per heavy atom. The van der Waals surface area contributed by atoms with E-state index < -0.39 is 0 Å². The van der Waals surface area contributed by atoms with E-state index in [2.05, 4.69) is 42.2 Å². The fraction of sp³-hybridized carbons (Fsp3) is 0.571. The second kappa shape index (κ2) is 7.17. The SMILES string of the molecule is CCNc1ccnc(N2CCN(CCn3nccn3)CC2)n1. The van der Waals surface area contributed by atoms with Crippen LogP contribution >= 0.6 is 0 Å². The summed E-state index contributed by atoms with van der Waals surface area (Å²) in [7, 11) is 0. The van der Waals surface area contributed by atoms with E-state index in [1.807, 2.05) is 12.3 Å². The summed E-state index contributed by atoms with van der Waals surface area (Å²) in [5, 5.41) is 11.5. The maximum Gasteiger partial charge on any atom is 0.227 e. The number of hydrogen-bond acceptors (Lipinski definition) is 7. The standard InChI is InChI=1S/C14H22N8/c1-2-15-13-3-4-16-14(19-13)21-10-7-20(8-11-21)9-12-22-17-5-6-18-22/h3-6H,2,7-12H2,1H3,(H,15,16,19). The third kappa shape index (κ3) is 3.70. The first-order valence-electron chi connectivity index (χ1n) is 7.73. The highest BCUT2D eigenvalue weighted by molar-refractivity contribution is 5.41. The van der Waals surface area contributed by atoms with Gasteiger partial charge in [0.2, 0.25) is 5.95 Å². The van der Waals surface area contributed by atoms with E-state index >= 15 is 0 Å². The molecule has 0 radical (unpaired) electrons. The molecule has 3 heterocycles. The summed E-state index contributed by atoms with van der Waals surface area (Å²) in [6.45, 7) is 8.65. The van der Waals surface area contributed by atoms with Crippen LogP contribution in [0.15, 0.2) is 24.7 Å². The van der Waals surface area contributed by atoms with Crippen molar-refractivity contribution in [2.75, 3.05) is 49.5 Å². The molecule has 0 atom stereocenters. The molecule has 0 saturated carbocycles. The summed E-state index contributed by atoms with van der Waals surface area (Å²) in [4.78, 5) is 15.3. The summed E-state index contributed by atoms with van der Waals surface area (Å²) < 4.78 is 0. The van der Waals surface area contributed by atoms with Crippen LogP contribution in [0.3, 0.4) is 0 Å². The molecule has 3 rings (SSSR count). The molecule has 1 fully saturated rings. The highest BCUT2D eigenvalue weighted by atomic mass is 15.5. The molecule has 22 heavy (non-hydrogen) atoms. The number of rotatable bonds is 6. The Morgan fingerprint density at radius 1 is 1.05 bits per heavy atom. The lowest BCUT2D eigenvalue weighted by molar-refractivity contribution is 0.238. The average Bonchev–Trinajstić information content (AvgIpc) is 3.08. The normalized spacial score (nSPS) is 16.0. The molecule has 8 heteroatoms. The minimum atomic E-state index is 0.812. The number of aromatic nitrogens is 5. The summed E-state index contributed by atoms with van der Waals surface area (Å²) in [5.41, 5.74) is 0. The molecule has 0 bridgehead atoms. The van der Waals surface area contributed by atoms with E-state index in [0.29, 0.717) is 0 Å². The van der Waals surface area contributed by atoms with E-state index in [-0.39, 0.29) is 0 Å². The Morgan fingerprint density at radius 2 is 1.82 bits per heavy atom. The van der Waals surface area contributed by atoms with Crippen LogP contribution in [-0.2, 0) is 6.54 Å². The fourth-order valence-corrected chi connectivity index (χ4v) is 2.54. The summed E-state index contributed by atoms with van der Waals surface area (Å²) in [5.74, 6) is 1.70. The molecule has 0 amide bonds. The molecule has 1 aliphatic rings. The molecule has 0 unspecified atom stereocenters. The van der Waals surface area contributed by atoms with Crippen LogP contribution in [0.25, 0.3) is 0 Å². The van der Waals surface area contributed by atoms with Crippen molar-refractivity contribution in [1.29, 1.82) is 0 Å². The van der Waals surface area contributed by atoms with Crippen molar-refractivity contribution in [1.82, 2.24) is 29.9 Å². The highest BCUT2D eigenvalue weighted by Gasteiger charge is 2.19. The van der Waals surface area contributed by atoms with Crippen LogP contribution in [-0.4, -0.2) is 69.1 Å². The molecule has 0 spiro atoms. The van der Waals surface area contributed by atoms with Crippen LogP contribution in [0.5, 0.6) is 0 Å². The molecule has 2 aromatic heterocycles. The van der Waals surface area contributed by atoms with Gasteiger partial charge in [0.25, 0.3) is 0 Å². The van der Waals surface area contributed by atoms with Crippen LogP contribution < -0.4 is 10.2 Å². The lowest BCUT2D eigenvalue weighted by Crippen LogP contribution is -2.47. The minimum absolute atomic E-state index is 0.812. The van der Waals surface area contributed by atoms with Crippen LogP contribution in [0.2, 0.25) is 0 Å². The maximum absolute atomic E-state index is 4.56. The maximum atomic E-state index is 4.56. The number of nitrogens with one attached hydrogen (secondary N) is 1. The van der Waals surface area contributed by atoms with Crippen molar-refractivity contribution >= 4 is 11.8 Å². The van der Waals surface area contributed by atoms with Crippen molar-refractivity contribution in [3.8, 4) is 0 Å². The predicted molar refractivity (Wildman–Crippen MR) is 84.9 cm³/mol. The van der Waals surface area contributed by atoms with Crippen LogP contribution in [0, 0.1) is 0 Å². The molecule has 1 N–H and O–H groups in total. The van der Waals surface area contributed by atoms with Crippen molar-refractivity contribution < 1.29 is 0 Å². The van der Waals surface area contributed by atoms with Crippen molar-refractivity contribution in [2.45, 2.75) is 13.5 Å². The molecule has 0 aliphatic carbocycles. The Balaban J connectivity index is 1.49. The zero-order valence-corrected chi connectivity index (χ0v) is 12.9. The van der Waals surface area contributed by atoms with Gasteiger partial charge in [0.05, 0.1) is 18.9 Å². The molecule has 1 aliphatic heterocycles. The van der Waals surface area contributed by atoms with Gasteiger partial charge >= 0.3 is 0 Å². The van der Waals surface area contributed by atoms with Gasteiger partial charge < -0.3 is 10.2 Å². The summed E-state index contributed by atoms with van der Waals surface area (Å²) >= 11 is 0. The Hall–Kier alpha value is -2.22. The van der Waals surface area contributed by atoms with Crippen LogP contribution in [0.1, 0.15) is 6.92 Å². The van der Waals surface area contributed by atoms with E-state index in [1.165, 1.54) is 0 Å². The lowest BCUT2D eigenvalue weighted by Gasteiger charge is -2.34. The molecule has 1 saturated heterocycles. The van der Waals surface area contributed by atoms with Gasteiger partial charge in [-0.15, -0.1) is 0 Å². The van der Waals surface area contributed by atoms with E-state index in [0.717, 1.165) is 57.6 Å². The van der Waals surface area contributed by atoms with Gasteiger partial charge in [0.1, 0.15) is 5.82 Å². The first kappa shape index (κ1) is 14.7. The molecule has 8 nitrogen and oxygen atoms in total. The molecular weight excluding hydrogens is 280 g/mol. The molecule has 118 valence electrons. The first-order chi connectivity index (χ1) is 10.8. The predicted octanol–water partition coefficient (Wildman–Crippen LogP) is 0.322. The second-order valence-corrected chi connectivity index (χ2v) is 5.23. The third-order valence-electron chi connectivity index (χ3n) is 3.74. The third-order valence-corrected chi connectivity index (χ3v) is 3.74. The Labute approximate surface area is 130 Å². The monoisotopic (exact) mass is 302 g/mol. The Kier molecular flexibility index (Phi) is 4.79. The van der Waals surface area contributed by atoms with Gasteiger partial charge in [-0.1, -0.05) is 0 Å². The van der Waals surface area contributed by atoms with E-state index in [1.54, 1.807) is 17.2 Å². The van der Waals surface area contributed by atoms with Gasteiger partial charge in [-0.25, -0.2) is 4.98 Å². The smallest absolute Gasteiger partial charge is 0.227 e. The average molecular weight is 302 g/mol. The zero-order chi connectivity index (χ0) is 15.2. The van der Waals surface area contributed by atoms with Crippen LogP contribution in [0.4, 0.5) is 11.8 Å². The second-order valence-electron chi connectivity index (χ2n) is 5.23. The molecule has 2 aromatic rings. The van der Waals surface area contributed by atoms with Gasteiger partial charge in [-0.2, -0.15) is 20.0 Å². The van der Waals surface area contributed by atoms with Crippen molar-refractivity contribution in [3.63, 3.8) is 0 Å². The van der Waals surface area contributed by atoms with Gasteiger partial charge in [-0.3, -0.25) is 4.90 Å². The van der Waals surface area contributed by atoms with Crippen molar-refractivity contribution in [2.24, 2.45) is 0 Å².